The van der Waals surface area contributed by atoms with Crippen molar-refractivity contribution in [3.8, 4) is 11.1 Å². The summed E-state index contributed by atoms with van der Waals surface area (Å²) in [7, 11) is 44.4. The number of hydrogen-bond donors (Lipinski definition) is 0. The summed E-state index contributed by atoms with van der Waals surface area (Å²) in [6.07, 6.45) is 6.76. The molecule has 184 valence electrons. The number of benzene rings is 5. The lowest BCUT2D eigenvalue weighted by Crippen LogP contribution is -2.52. The van der Waals surface area contributed by atoms with E-state index in [0.29, 0.717) is 16.5 Å². The molecule has 0 unspecified atom stereocenters. The summed E-state index contributed by atoms with van der Waals surface area (Å²) in [5.41, 5.74) is 5.74. The summed E-state index contributed by atoms with van der Waals surface area (Å²) in [4.78, 5) is 3.27. The van der Waals surface area contributed by atoms with Gasteiger partial charge in [0, 0.05) is 21.5 Å². The highest BCUT2D eigenvalue weighted by Gasteiger charge is 2.23. The van der Waals surface area contributed by atoms with Crippen molar-refractivity contribution in [3.63, 3.8) is 0 Å². The van der Waals surface area contributed by atoms with Crippen molar-refractivity contribution >= 4 is 147 Å². The number of fused-ring (bicyclic) bond motifs is 1. The minimum absolute atomic E-state index is 0.153. The summed E-state index contributed by atoms with van der Waals surface area (Å²) in [6, 6.07) is 24.7. The Hall–Kier alpha value is -2.56. The van der Waals surface area contributed by atoms with Crippen molar-refractivity contribution in [2.45, 2.75) is 4.90 Å². The van der Waals surface area contributed by atoms with Gasteiger partial charge in [-0.25, -0.2) is 10.0 Å². The van der Waals surface area contributed by atoms with Crippen LogP contribution in [-0.2, 0) is 0 Å². The number of rotatable bonds is 5. The van der Waals surface area contributed by atoms with E-state index in [1.165, 1.54) is 4.90 Å². The predicted molar refractivity (Wildman–Crippen MR) is 193 cm³/mol. The molecule has 0 atom stereocenters. The third-order valence-electron chi connectivity index (χ3n) is 7.33. The zero-order valence-corrected chi connectivity index (χ0v) is 25.6. The molecule has 14 radical (unpaired) electrons. The monoisotopic (exact) mass is 595 g/mol. The molecule has 0 aromatic heterocycles. The largest absolute Gasteiger partial charge is 0.311 e. The van der Waals surface area contributed by atoms with E-state index in [1.54, 1.807) is 0 Å². The molecule has 0 aliphatic rings. The van der Waals surface area contributed by atoms with Gasteiger partial charge in [0.2, 0.25) is 0 Å². The second kappa shape index (κ2) is 11.3. The van der Waals surface area contributed by atoms with E-state index in [4.69, 9.17) is 54.9 Å². The van der Waals surface area contributed by atoms with E-state index in [9.17, 15) is 0 Å². The molecule has 0 amide bonds. The van der Waals surface area contributed by atoms with Gasteiger partial charge < -0.3 is 4.90 Å². The Morgan fingerprint density at radius 3 is 1.34 bits per heavy atom. The fourth-order valence-electron chi connectivity index (χ4n) is 4.98. The first-order valence-electron chi connectivity index (χ1n) is 12.8. The molecule has 0 aliphatic carbocycles. The van der Waals surface area contributed by atoms with Crippen molar-refractivity contribution in [1.29, 1.82) is 0 Å². The van der Waals surface area contributed by atoms with Gasteiger partial charge >= 0.3 is 0 Å². The van der Waals surface area contributed by atoms with Crippen molar-refractivity contribution in [2.75, 3.05) is 23.7 Å². The normalized spacial score (nSPS) is 12.0. The summed E-state index contributed by atoms with van der Waals surface area (Å²) in [5.74, 6) is 0. The summed E-state index contributed by atoms with van der Waals surface area (Å²) in [6.45, 7) is 0. The summed E-state index contributed by atoms with van der Waals surface area (Å²) in [5, 5.41) is 0.907. The van der Waals surface area contributed by atoms with Crippen LogP contribution in [0.3, 0.4) is 0 Å². The molecular weight excluding hydrogens is 574 g/mol. The molecule has 0 N–H and O–H groups in total. The zero-order chi connectivity index (χ0) is 29.8. The van der Waals surface area contributed by atoms with Crippen LogP contribution in [0.15, 0.2) is 82.2 Å². The van der Waals surface area contributed by atoms with Crippen LogP contribution in [0.4, 0.5) is 17.1 Å². The van der Waals surface area contributed by atoms with Crippen LogP contribution in [0, 0.1) is 0 Å². The van der Waals surface area contributed by atoms with Crippen LogP contribution in [0.5, 0.6) is 0 Å². The Morgan fingerprint density at radius 2 is 0.878 bits per heavy atom. The Labute approximate surface area is 262 Å². The zero-order valence-electron chi connectivity index (χ0n) is 23.2. The van der Waals surface area contributed by atoms with E-state index in [1.807, 2.05) is 29.2 Å². The Kier molecular flexibility index (Phi) is 8.22. The highest BCUT2D eigenvalue weighted by molar-refractivity contribution is 9.10. The first-order chi connectivity index (χ1) is 19.3. The second-order valence-electron chi connectivity index (χ2n) is 10.7. The van der Waals surface area contributed by atoms with Gasteiger partial charge in [-0.3, -0.25) is 0 Å². The van der Waals surface area contributed by atoms with Gasteiger partial charge in [0.05, 0.1) is 0 Å². The topological polar surface area (TPSA) is 3.24 Å². The van der Waals surface area contributed by atoms with Crippen LogP contribution in [0.1, 0.15) is 0 Å². The van der Waals surface area contributed by atoms with E-state index in [2.05, 4.69) is 83.2 Å². The van der Waals surface area contributed by atoms with Gasteiger partial charge in [-0.05, 0) is 94.1 Å². The third-order valence-corrected chi connectivity index (χ3v) is 9.54. The first-order valence-corrected chi connectivity index (χ1v) is 16.4. The number of hydrogen-bond acceptors (Lipinski definition) is 1. The predicted octanol–water partition coefficient (Wildman–Crippen LogP) is 1.35. The van der Waals surface area contributed by atoms with E-state index >= 15 is 0 Å². The summed E-state index contributed by atoms with van der Waals surface area (Å²) < 4.78 is 1.02. The van der Waals surface area contributed by atoms with Crippen molar-refractivity contribution in [2.24, 2.45) is 0 Å². The van der Waals surface area contributed by atoms with Crippen LogP contribution in [0.2, 0.25) is 0 Å². The highest BCUT2D eigenvalue weighted by atomic mass is 79.9. The molecule has 5 rings (SSSR count). The Bertz CT molecular complexity index is 1780. The maximum absolute atomic E-state index is 6.75. The lowest BCUT2D eigenvalue weighted by atomic mass is 9.60. The fraction of sp³-hybridized carbons (Fsp3) is 0.0968. The molecule has 1 nitrogen and oxygen atoms in total. The average molecular weight is 595 g/mol. The van der Waals surface area contributed by atoms with Crippen molar-refractivity contribution in [3.05, 3.63) is 77.3 Å². The maximum Gasteiger partial charge on any atom is 0.115 e. The number of nitrogens with zero attached hydrogens (tertiary/aromatic N) is 1. The molecule has 0 aliphatic heterocycles. The molecule has 5 aromatic rings. The van der Waals surface area contributed by atoms with Gasteiger partial charge in [-0.2, -0.15) is 0 Å². The lowest BCUT2D eigenvalue weighted by molar-refractivity contribution is 1.29. The number of anilines is 3. The van der Waals surface area contributed by atoms with Crippen molar-refractivity contribution in [1.82, 2.24) is 0 Å². The first kappa shape index (κ1) is 29.9. The Balaban J connectivity index is 1.82. The second-order valence-corrected chi connectivity index (χ2v) is 15.8. The molecule has 0 spiro atoms. The van der Waals surface area contributed by atoms with Crippen molar-refractivity contribution < 1.29 is 0 Å². The molecular formula is C31H21B7BrNS. The van der Waals surface area contributed by atoms with Crippen LogP contribution in [-0.4, -0.2) is 73.7 Å². The molecule has 0 heterocycles. The molecule has 5 aromatic carbocycles. The molecule has 41 heavy (non-hydrogen) atoms. The number of halogens is 1. The van der Waals surface area contributed by atoms with Gasteiger partial charge in [0.25, 0.3) is 0 Å². The summed E-state index contributed by atoms with van der Waals surface area (Å²) >= 11 is 3.50. The fourth-order valence-corrected chi connectivity index (χ4v) is 6.20. The van der Waals surface area contributed by atoms with Gasteiger partial charge in [0.1, 0.15) is 54.9 Å². The smallest absolute Gasteiger partial charge is 0.115 e. The molecule has 10 heteroatoms. The van der Waals surface area contributed by atoms with E-state index < -0.39 is 10.0 Å². The highest BCUT2D eigenvalue weighted by Crippen LogP contribution is 2.46. The van der Waals surface area contributed by atoms with E-state index in [0.717, 1.165) is 27.0 Å². The minimum Gasteiger partial charge on any atom is -0.311 e. The molecule has 0 fully saturated rings. The third kappa shape index (κ3) is 5.39. The standard InChI is InChI=1S/C31H21B7BrNS/c1-41(2,3)21-14-12-20(13-15-21)40(19-10-6-17(7-11-19)16-4-8-18(39)9-5-16)31-23-22(25(33)29(37)30(31)38)24(32)27(35)28(36)26(23)34/h4-15H,1-3H3. The molecule has 0 bridgehead atoms. The van der Waals surface area contributed by atoms with Crippen LogP contribution >= 0.6 is 26.0 Å². The van der Waals surface area contributed by atoms with Gasteiger partial charge in [0.15, 0.2) is 0 Å². The SMILES string of the molecule is [B]c1c([B])c([B])c2c(N(c3ccc(-c4ccc(Br)cc4)cc3)c3ccc(S(C)(C)C)cc3)c([B])c([B])c([B])c2c1[B]. The quantitative estimate of drug-likeness (QED) is 0.278. The Morgan fingerprint density at radius 1 is 0.488 bits per heavy atom. The molecule has 0 saturated carbocycles. The molecule has 0 saturated heterocycles. The van der Waals surface area contributed by atoms with Crippen LogP contribution in [0.25, 0.3) is 21.9 Å². The van der Waals surface area contributed by atoms with E-state index in [-0.39, 0.29) is 38.2 Å². The lowest BCUT2D eigenvalue weighted by Gasteiger charge is -2.34. The van der Waals surface area contributed by atoms with Crippen LogP contribution < -0.4 is 43.1 Å². The minimum atomic E-state index is -0.942. The van der Waals surface area contributed by atoms with Gasteiger partial charge in [-0.1, -0.05) is 62.0 Å². The van der Waals surface area contributed by atoms with Gasteiger partial charge in [-0.15, -0.1) is 16.4 Å². The average Bonchev–Trinajstić information content (AvgIpc) is 2.95. The maximum atomic E-state index is 6.75.